The van der Waals surface area contributed by atoms with E-state index in [1.807, 2.05) is 19.2 Å². The molecule has 0 saturated carbocycles. The maximum Gasteiger partial charge on any atom is 0.408 e. The van der Waals surface area contributed by atoms with Gasteiger partial charge in [0.15, 0.2) is 5.82 Å². The molecule has 0 spiro atoms. The van der Waals surface area contributed by atoms with Crippen molar-refractivity contribution in [2.24, 2.45) is 0 Å². The molecule has 3 aromatic rings. The number of rotatable bonds is 6. The van der Waals surface area contributed by atoms with E-state index in [4.69, 9.17) is 11.6 Å². The van der Waals surface area contributed by atoms with Crippen molar-refractivity contribution >= 4 is 69.7 Å². The summed E-state index contributed by atoms with van der Waals surface area (Å²) in [7, 11) is 1.56. The molecular formula is C23H24ClN7O4S. The van der Waals surface area contributed by atoms with Gasteiger partial charge in [-0.1, -0.05) is 17.7 Å². The van der Waals surface area contributed by atoms with Gasteiger partial charge in [-0.3, -0.25) is 14.5 Å². The molecule has 36 heavy (non-hydrogen) atoms. The summed E-state index contributed by atoms with van der Waals surface area (Å²) in [5.41, 5.74) is 3.41. The van der Waals surface area contributed by atoms with Crippen molar-refractivity contribution in [2.75, 3.05) is 35.7 Å². The highest BCUT2D eigenvalue weighted by atomic mass is 35.5. The number of fused-ring (bicyclic) bond motifs is 1. The molecule has 0 aliphatic carbocycles. The molecule has 1 aliphatic rings. The lowest BCUT2D eigenvalue weighted by atomic mass is 10.1. The van der Waals surface area contributed by atoms with Crippen LogP contribution in [0.1, 0.15) is 27.7 Å². The van der Waals surface area contributed by atoms with Crippen LogP contribution in [-0.4, -0.2) is 58.0 Å². The standard InChI is InChI=1S/C23H24ClN7O4S/c1-4-31-16-7-14(6-5-13(16)9-30(23(34)35)10-17(31)32)27-22-26-8-15(24)20(29-22)28-18-12(2)11-36-19(18)21(33)25-3/h5-8,11H,4,9-10H2,1-3H3,(H,25,33)(H,34,35)(H2,26,27,28,29). The van der Waals surface area contributed by atoms with Crippen molar-refractivity contribution in [1.29, 1.82) is 0 Å². The zero-order valence-corrected chi connectivity index (χ0v) is 21.3. The Bertz CT molecular complexity index is 1350. The van der Waals surface area contributed by atoms with Gasteiger partial charge in [0.25, 0.3) is 5.91 Å². The average Bonchev–Trinajstić information content (AvgIpc) is 3.14. The SMILES string of the molecule is CCN1C(=O)CN(C(=O)O)Cc2ccc(Nc3ncc(Cl)c(Nc4c(C)csc4C(=O)NC)n3)cc21. The number of hydrogen-bond donors (Lipinski definition) is 4. The molecule has 4 rings (SSSR count). The summed E-state index contributed by atoms with van der Waals surface area (Å²) < 4.78 is 0. The first-order chi connectivity index (χ1) is 17.2. The zero-order valence-electron chi connectivity index (χ0n) is 19.8. The number of nitrogens with one attached hydrogen (secondary N) is 3. The van der Waals surface area contributed by atoms with Gasteiger partial charge in [-0.15, -0.1) is 11.3 Å². The third-order valence-electron chi connectivity index (χ3n) is 5.60. The summed E-state index contributed by atoms with van der Waals surface area (Å²) in [5, 5.41) is 20.4. The number of aromatic nitrogens is 2. The fourth-order valence-electron chi connectivity index (χ4n) is 3.80. The van der Waals surface area contributed by atoms with Crippen molar-refractivity contribution in [3.8, 4) is 0 Å². The Hall–Kier alpha value is -3.90. The third kappa shape index (κ3) is 5.04. The fraction of sp³-hybridized carbons (Fsp3) is 0.261. The molecule has 1 aromatic carbocycles. The lowest BCUT2D eigenvalue weighted by Crippen LogP contribution is -2.39. The smallest absolute Gasteiger partial charge is 0.408 e. The minimum absolute atomic E-state index is 0.104. The number of carboxylic acid groups (broad SMARTS) is 1. The minimum Gasteiger partial charge on any atom is -0.465 e. The predicted octanol–water partition coefficient (Wildman–Crippen LogP) is 4.19. The normalized spacial score (nSPS) is 13.2. The molecule has 188 valence electrons. The Labute approximate surface area is 216 Å². The van der Waals surface area contributed by atoms with Crippen molar-refractivity contribution in [2.45, 2.75) is 20.4 Å². The van der Waals surface area contributed by atoms with Gasteiger partial charge in [-0.2, -0.15) is 4.98 Å². The highest BCUT2D eigenvalue weighted by Crippen LogP contribution is 2.34. The van der Waals surface area contributed by atoms with E-state index in [0.717, 1.165) is 10.5 Å². The summed E-state index contributed by atoms with van der Waals surface area (Å²) in [5.74, 6) is 0.0353. The van der Waals surface area contributed by atoms with Crippen LogP contribution < -0.4 is 20.9 Å². The fourth-order valence-corrected chi connectivity index (χ4v) is 4.89. The molecular weight excluding hydrogens is 506 g/mol. The van der Waals surface area contributed by atoms with Crippen molar-refractivity contribution in [1.82, 2.24) is 20.2 Å². The Morgan fingerprint density at radius 1 is 1.25 bits per heavy atom. The zero-order chi connectivity index (χ0) is 26.0. The number of nitrogens with zero attached hydrogens (tertiary/aromatic N) is 4. The number of benzene rings is 1. The first kappa shape index (κ1) is 25.2. The first-order valence-electron chi connectivity index (χ1n) is 11.0. The number of thiophene rings is 1. The molecule has 4 N–H and O–H groups in total. The van der Waals surface area contributed by atoms with E-state index in [9.17, 15) is 19.5 Å². The summed E-state index contributed by atoms with van der Waals surface area (Å²) >= 11 is 7.64. The molecule has 0 radical (unpaired) electrons. The molecule has 0 atom stereocenters. The molecule has 0 bridgehead atoms. The van der Waals surface area contributed by atoms with Gasteiger partial charge >= 0.3 is 6.09 Å². The first-order valence-corrected chi connectivity index (χ1v) is 12.3. The molecule has 0 fully saturated rings. The van der Waals surface area contributed by atoms with Crippen molar-refractivity contribution in [3.05, 3.63) is 50.8 Å². The number of anilines is 5. The summed E-state index contributed by atoms with van der Waals surface area (Å²) in [4.78, 5) is 48.3. The van der Waals surface area contributed by atoms with Crippen LogP contribution in [0, 0.1) is 6.92 Å². The molecule has 0 unspecified atom stereocenters. The molecule has 3 heterocycles. The number of amides is 3. The summed E-state index contributed by atoms with van der Waals surface area (Å²) in [6.07, 6.45) is 0.292. The van der Waals surface area contributed by atoms with Gasteiger partial charge in [0, 0.05) is 19.3 Å². The van der Waals surface area contributed by atoms with E-state index in [2.05, 4.69) is 25.9 Å². The van der Waals surface area contributed by atoms with Gasteiger partial charge in [-0.05, 0) is 42.5 Å². The second kappa shape index (κ2) is 10.4. The van der Waals surface area contributed by atoms with Crippen LogP contribution in [0.3, 0.4) is 0 Å². The van der Waals surface area contributed by atoms with Crippen molar-refractivity contribution < 1.29 is 19.5 Å². The van der Waals surface area contributed by atoms with E-state index in [1.165, 1.54) is 17.5 Å². The molecule has 2 aromatic heterocycles. The van der Waals surface area contributed by atoms with Crippen LogP contribution in [0.5, 0.6) is 0 Å². The molecule has 13 heteroatoms. The van der Waals surface area contributed by atoms with Crippen LogP contribution in [0.4, 0.5) is 33.6 Å². The number of likely N-dealkylation sites (N-methyl/N-ethyl adjacent to an activating group) is 1. The minimum atomic E-state index is -1.15. The number of carbonyl (C=O) groups is 3. The highest BCUT2D eigenvalue weighted by Gasteiger charge is 2.28. The van der Waals surface area contributed by atoms with Crippen molar-refractivity contribution in [3.63, 3.8) is 0 Å². The summed E-state index contributed by atoms with van der Waals surface area (Å²) in [6, 6.07) is 5.30. The number of aryl methyl sites for hydroxylation is 1. The van der Waals surface area contributed by atoms with Crippen LogP contribution >= 0.6 is 22.9 Å². The number of carbonyl (C=O) groups excluding carboxylic acids is 2. The van der Waals surface area contributed by atoms with Crippen LogP contribution in [0.2, 0.25) is 5.02 Å². The maximum atomic E-state index is 12.7. The Balaban J connectivity index is 1.63. The Morgan fingerprint density at radius 2 is 2.03 bits per heavy atom. The monoisotopic (exact) mass is 529 g/mol. The molecule has 11 nitrogen and oxygen atoms in total. The van der Waals surface area contributed by atoms with E-state index in [-0.39, 0.29) is 35.9 Å². The number of halogens is 1. The third-order valence-corrected chi connectivity index (χ3v) is 6.98. The van der Waals surface area contributed by atoms with Gasteiger partial charge < -0.3 is 26.0 Å². The second-order valence-electron chi connectivity index (χ2n) is 7.96. The van der Waals surface area contributed by atoms with E-state index >= 15 is 0 Å². The van der Waals surface area contributed by atoms with Gasteiger partial charge in [0.1, 0.15) is 16.4 Å². The van der Waals surface area contributed by atoms with Gasteiger partial charge in [-0.25, -0.2) is 9.78 Å². The summed E-state index contributed by atoms with van der Waals surface area (Å²) in [6.45, 7) is 3.99. The molecule has 1 aliphatic heterocycles. The highest BCUT2D eigenvalue weighted by molar-refractivity contribution is 7.12. The molecule has 3 amide bonds. The van der Waals surface area contributed by atoms with Crippen LogP contribution in [0.25, 0.3) is 0 Å². The quantitative estimate of drug-likeness (QED) is 0.372. The van der Waals surface area contributed by atoms with Gasteiger partial charge in [0.05, 0.1) is 24.1 Å². The van der Waals surface area contributed by atoms with E-state index < -0.39 is 6.09 Å². The lowest BCUT2D eigenvalue weighted by Gasteiger charge is -2.21. The lowest BCUT2D eigenvalue weighted by molar-refractivity contribution is -0.119. The largest absolute Gasteiger partial charge is 0.465 e. The van der Waals surface area contributed by atoms with E-state index in [1.54, 1.807) is 30.1 Å². The predicted molar refractivity (Wildman–Crippen MR) is 139 cm³/mol. The topological polar surface area (TPSA) is 140 Å². The van der Waals surface area contributed by atoms with E-state index in [0.29, 0.717) is 39.9 Å². The van der Waals surface area contributed by atoms with Crippen LogP contribution in [-0.2, 0) is 11.3 Å². The molecule has 0 saturated heterocycles. The second-order valence-corrected chi connectivity index (χ2v) is 9.25. The Morgan fingerprint density at radius 3 is 2.72 bits per heavy atom. The van der Waals surface area contributed by atoms with Crippen LogP contribution in [0.15, 0.2) is 29.8 Å². The average molecular weight is 530 g/mol. The maximum absolute atomic E-state index is 12.7. The van der Waals surface area contributed by atoms with Gasteiger partial charge in [0.2, 0.25) is 11.9 Å². The Kier molecular flexibility index (Phi) is 7.27. The number of hydrogen-bond acceptors (Lipinski definition) is 8.